The van der Waals surface area contributed by atoms with Crippen molar-refractivity contribution in [3.8, 4) is 0 Å². The zero-order valence-corrected chi connectivity index (χ0v) is 8.05. The van der Waals surface area contributed by atoms with E-state index in [2.05, 4.69) is 4.98 Å². The van der Waals surface area contributed by atoms with Gasteiger partial charge in [-0.1, -0.05) is 0 Å². The zero-order valence-electron chi connectivity index (χ0n) is 8.05. The molecule has 0 aliphatic rings. The number of hydrogen-bond acceptors (Lipinski definition) is 3. The number of carbonyl (C=O) groups is 1. The lowest BCUT2D eigenvalue weighted by molar-refractivity contribution is 0.00649. The Morgan fingerprint density at radius 3 is 2.54 bits per heavy atom. The molecule has 0 fully saturated rings. The first-order valence-electron chi connectivity index (χ1n) is 4.06. The molecule has 4 heteroatoms. The molecule has 3 N–H and O–H groups in total. The van der Waals surface area contributed by atoms with Gasteiger partial charge < -0.3 is 15.5 Å². The van der Waals surface area contributed by atoms with Gasteiger partial charge in [-0.15, -0.1) is 0 Å². The third-order valence-corrected chi connectivity index (χ3v) is 1.38. The number of nitrogens with one attached hydrogen (secondary N) is 1. The smallest absolute Gasteiger partial charge is 0.357 e. The molecule has 1 aromatic heterocycles. The fraction of sp³-hybridized carbons (Fsp3) is 0.444. The number of nitrogen functional groups attached to an aromatic ring is 1. The number of rotatable bonds is 1. The summed E-state index contributed by atoms with van der Waals surface area (Å²) in [6.07, 6.45) is 1.61. The van der Waals surface area contributed by atoms with Gasteiger partial charge in [-0.3, -0.25) is 0 Å². The highest BCUT2D eigenvalue weighted by Crippen LogP contribution is 2.15. The highest BCUT2D eigenvalue weighted by molar-refractivity contribution is 5.93. The summed E-state index contributed by atoms with van der Waals surface area (Å²) in [5.74, 6) is -0.421. The average molecular weight is 182 g/mol. The molecular formula is C9H14N2O2. The summed E-state index contributed by atoms with van der Waals surface area (Å²) in [5, 5.41) is 0. The van der Waals surface area contributed by atoms with E-state index in [-0.39, 0.29) is 0 Å². The van der Waals surface area contributed by atoms with E-state index in [1.165, 1.54) is 0 Å². The van der Waals surface area contributed by atoms with E-state index in [9.17, 15) is 4.79 Å². The van der Waals surface area contributed by atoms with Crippen LogP contribution in [-0.2, 0) is 4.74 Å². The fourth-order valence-corrected chi connectivity index (χ4v) is 0.887. The van der Waals surface area contributed by atoms with E-state index < -0.39 is 11.6 Å². The molecule has 1 heterocycles. The Balaban J connectivity index is 2.76. The number of aromatic amines is 1. The van der Waals surface area contributed by atoms with Crippen LogP contribution < -0.4 is 5.73 Å². The number of esters is 1. The summed E-state index contributed by atoms with van der Waals surface area (Å²) in [7, 11) is 0. The van der Waals surface area contributed by atoms with Crippen LogP contribution >= 0.6 is 0 Å². The van der Waals surface area contributed by atoms with E-state index in [1.807, 2.05) is 20.8 Å². The van der Waals surface area contributed by atoms with Crippen molar-refractivity contribution in [2.45, 2.75) is 26.4 Å². The molecule has 0 saturated carbocycles. The number of ether oxygens (including phenoxy) is 1. The van der Waals surface area contributed by atoms with Crippen LogP contribution in [-0.4, -0.2) is 16.6 Å². The first-order valence-corrected chi connectivity index (χ1v) is 4.06. The van der Waals surface area contributed by atoms with Gasteiger partial charge >= 0.3 is 5.97 Å². The topological polar surface area (TPSA) is 68.1 Å². The van der Waals surface area contributed by atoms with Crippen molar-refractivity contribution >= 4 is 11.7 Å². The Hall–Kier alpha value is -1.45. The standard InChI is InChI=1S/C9H14N2O2/c1-9(2,3)13-8(12)7-6(10)4-5-11-7/h4-5,11H,10H2,1-3H3. The van der Waals surface area contributed by atoms with Crippen LogP contribution in [0.25, 0.3) is 0 Å². The molecular weight excluding hydrogens is 168 g/mol. The SMILES string of the molecule is CC(C)(C)OC(=O)c1[nH]ccc1N. The second-order valence-corrected chi connectivity index (χ2v) is 3.81. The van der Waals surface area contributed by atoms with Crippen LogP contribution in [0.4, 0.5) is 5.69 Å². The van der Waals surface area contributed by atoms with Crippen molar-refractivity contribution in [1.82, 2.24) is 4.98 Å². The number of anilines is 1. The molecule has 1 rings (SSSR count). The van der Waals surface area contributed by atoms with Crippen LogP contribution in [0.15, 0.2) is 12.3 Å². The fourth-order valence-electron chi connectivity index (χ4n) is 0.887. The summed E-state index contributed by atoms with van der Waals surface area (Å²) in [6, 6.07) is 1.62. The van der Waals surface area contributed by atoms with Crippen molar-refractivity contribution in [3.63, 3.8) is 0 Å². The molecule has 0 aliphatic heterocycles. The van der Waals surface area contributed by atoms with Gasteiger partial charge in [0.05, 0.1) is 5.69 Å². The Morgan fingerprint density at radius 2 is 2.15 bits per heavy atom. The highest BCUT2D eigenvalue weighted by Gasteiger charge is 2.20. The molecule has 4 nitrogen and oxygen atoms in total. The molecule has 0 saturated heterocycles. The largest absolute Gasteiger partial charge is 0.455 e. The van der Waals surface area contributed by atoms with E-state index >= 15 is 0 Å². The van der Waals surface area contributed by atoms with Crippen LogP contribution in [0, 0.1) is 0 Å². The van der Waals surface area contributed by atoms with Gasteiger partial charge in [-0.05, 0) is 26.8 Å². The third-order valence-electron chi connectivity index (χ3n) is 1.38. The number of aromatic nitrogens is 1. The van der Waals surface area contributed by atoms with Gasteiger partial charge in [-0.25, -0.2) is 4.79 Å². The summed E-state index contributed by atoms with van der Waals surface area (Å²) >= 11 is 0. The molecule has 0 amide bonds. The highest BCUT2D eigenvalue weighted by atomic mass is 16.6. The van der Waals surface area contributed by atoms with E-state index in [0.717, 1.165) is 0 Å². The first kappa shape index (κ1) is 9.64. The van der Waals surface area contributed by atoms with Crippen LogP contribution in [0.2, 0.25) is 0 Å². The molecule has 0 radical (unpaired) electrons. The Kier molecular flexibility index (Phi) is 2.32. The van der Waals surface area contributed by atoms with Crippen LogP contribution in [0.1, 0.15) is 31.3 Å². The van der Waals surface area contributed by atoms with E-state index in [1.54, 1.807) is 12.3 Å². The monoisotopic (exact) mass is 182 g/mol. The second kappa shape index (κ2) is 3.12. The lowest BCUT2D eigenvalue weighted by Crippen LogP contribution is -2.24. The first-order chi connectivity index (χ1) is 5.90. The molecule has 0 spiro atoms. The van der Waals surface area contributed by atoms with Crippen molar-refractivity contribution in [2.75, 3.05) is 5.73 Å². The Labute approximate surface area is 77.1 Å². The normalized spacial score (nSPS) is 11.3. The Morgan fingerprint density at radius 1 is 1.54 bits per heavy atom. The summed E-state index contributed by atoms with van der Waals surface area (Å²) in [4.78, 5) is 14.1. The maximum absolute atomic E-state index is 11.4. The number of H-pyrrole nitrogens is 1. The quantitative estimate of drug-likeness (QED) is 0.647. The average Bonchev–Trinajstić information content (AvgIpc) is 2.30. The zero-order chi connectivity index (χ0) is 10.1. The maximum atomic E-state index is 11.4. The van der Waals surface area contributed by atoms with Gasteiger partial charge in [0.15, 0.2) is 0 Å². The van der Waals surface area contributed by atoms with Crippen molar-refractivity contribution in [3.05, 3.63) is 18.0 Å². The molecule has 13 heavy (non-hydrogen) atoms. The minimum Gasteiger partial charge on any atom is -0.455 e. The minimum atomic E-state index is -0.491. The van der Waals surface area contributed by atoms with Crippen molar-refractivity contribution in [2.24, 2.45) is 0 Å². The van der Waals surface area contributed by atoms with Gasteiger partial charge in [-0.2, -0.15) is 0 Å². The lowest BCUT2D eigenvalue weighted by Gasteiger charge is -2.18. The van der Waals surface area contributed by atoms with Crippen LogP contribution in [0.5, 0.6) is 0 Å². The lowest BCUT2D eigenvalue weighted by atomic mass is 10.2. The summed E-state index contributed by atoms with van der Waals surface area (Å²) in [6.45, 7) is 5.43. The van der Waals surface area contributed by atoms with Gasteiger partial charge in [0, 0.05) is 6.20 Å². The summed E-state index contributed by atoms with van der Waals surface area (Å²) in [5.41, 5.74) is 5.76. The minimum absolute atomic E-state index is 0.315. The van der Waals surface area contributed by atoms with E-state index in [0.29, 0.717) is 11.4 Å². The Bertz CT molecular complexity index is 310. The van der Waals surface area contributed by atoms with E-state index in [4.69, 9.17) is 10.5 Å². The number of nitrogens with two attached hydrogens (primary N) is 1. The number of hydrogen-bond donors (Lipinski definition) is 2. The molecule has 0 aliphatic carbocycles. The van der Waals surface area contributed by atoms with Crippen molar-refractivity contribution in [1.29, 1.82) is 0 Å². The molecule has 72 valence electrons. The maximum Gasteiger partial charge on any atom is 0.357 e. The van der Waals surface area contributed by atoms with Gasteiger partial charge in [0.25, 0.3) is 0 Å². The second-order valence-electron chi connectivity index (χ2n) is 3.81. The van der Waals surface area contributed by atoms with Crippen molar-refractivity contribution < 1.29 is 9.53 Å². The molecule has 1 aromatic rings. The van der Waals surface area contributed by atoms with Gasteiger partial charge in [0.1, 0.15) is 11.3 Å². The van der Waals surface area contributed by atoms with Crippen LogP contribution in [0.3, 0.4) is 0 Å². The molecule has 0 aromatic carbocycles. The predicted octanol–water partition coefficient (Wildman–Crippen LogP) is 1.55. The predicted molar refractivity (Wildman–Crippen MR) is 50.4 cm³/mol. The molecule has 0 bridgehead atoms. The van der Waals surface area contributed by atoms with Gasteiger partial charge in [0.2, 0.25) is 0 Å². The molecule has 0 unspecified atom stereocenters. The number of carbonyl (C=O) groups excluding carboxylic acids is 1. The summed E-state index contributed by atoms with van der Waals surface area (Å²) < 4.78 is 5.11. The molecule has 0 atom stereocenters. The third kappa shape index (κ3) is 2.50.